The first-order chi connectivity index (χ1) is 10.4. The number of likely N-dealkylation sites (N-methyl/N-ethyl adjacent to an activating group) is 1. The Hall–Kier alpha value is -0.630. The van der Waals surface area contributed by atoms with Gasteiger partial charge in [-0.15, -0.1) is 11.3 Å². The maximum Gasteiger partial charge on any atom is 0.321 e. The summed E-state index contributed by atoms with van der Waals surface area (Å²) in [6.07, 6.45) is 4.38. The van der Waals surface area contributed by atoms with Crippen LogP contribution in [0.2, 0.25) is 4.34 Å². The van der Waals surface area contributed by atoms with E-state index >= 15 is 0 Å². The number of hydrogen-bond acceptors (Lipinski definition) is 5. The summed E-state index contributed by atoms with van der Waals surface area (Å²) < 4.78 is 31.7. The van der Waals surface area contributed by atoms with Gasteiger partial charge >= 0.3 is 5.97 Å². The molecule has 0 aromatic carbocycles. The average Bonchev–Trinajstić information content (AvgIpc) is 3.14. The van der Waals surface area contributed by atoms with E-state index in [9.17, 15) is 13.2 Å². The molecule has 2 aliphatic carbocycles. The number of nitrogens with zero attached hydrogens (tertiary/aromatic N) is 1. The summed E-state index contributed by atoms with van der Waals surface area (Å²) in [5.74, 6) is 0.663. The number of carbonyl (C=O) groups is 1. The van der Waals surface area contributed by atoms with E-state index in [0.29, 0.717) is 16.2 Å². The van der Waals surface area contributed by atoms with E-state index in [1.54, 1.807) is 0 Å². The highest BCUT2D eigenvalue weighted by Gasteiger charge is 2.41. The lowest BCUT2D eigenvalue weighted by Crippen LogP contribution is -2.35. The van der Waals surface area contributed by atoms with Gasteiger partial charge in [-0.3, -0.25) is 4.79 Å². The zero-order valence-corrected chi connectivity index (χ0v) is 14.6. The monoisotopic (exact) mass is 363 g/mol. The van der Waals surface area contributed by atoms with Gasteiger partial charge in [0.1, 0.15) is 16.9 Å². The van der Waals surface area contributed by atoms with Crippen molar-refractivity contribution >= 4 is 38.9 Å². The molecule has 2 aliphatic rings. The Morgan fingerprint density at radius 2 is 2.18 bits per heavy atom. The Kier molecular flexibility index (Phi) is 4.51. The summed E-state index contributed by atoms with van der Waals surface area (Å²) in [4.78, 5) is 12.0. The van der Waals surface area contributed by atoms with Crippen LogP contribution in [0.4, 0.5) is 0 Å². The van der Waals surface area contributed by atoms with E-state index in [1.807, 2.05) is 0 Å². The molecule has 22 heavy (non-hydrogen) atoms. The Balaban J connectivity index is 1.59. The number of carbonyl (C=O) groups excluding carboxylic acids is 1. The van der Waals surface area contributed by atoms with Crippen LogP contribution in [0.3, 0.4) is 0 Å². The van der Waals surface area contributed by atoms with Crippen molar-refractivity contribution in [3.05, 3.63) is 16.5 Å². The van der Waals surface area contributed by atoms with Crippen LogP contribution in [0.5, 0.6) is 0 Å². The Morgan fingerprint density at radius 1 is 1.41 bits per heavy atom. The largest absolute Gasteiger partial charge is 0.461 e. The average molecular weight is 364 g/mol. The maximum atomic E-state index is 12.3. The molecule has 2 fully saturated rings. The second kappa shape index (κ2) is 6.11. The van der Waals surface area contributed by atoms with Crippen LogP contribution < -0.4 is 0 Å². The van der Waals surface area contributed by atoms with E-state index in [0.717, 1.165) is 34.9 Å². The molecule has 2 saturated carbocycles. The third kappa shape index (κ3) is 3.18. The molecular weight excluding hydrogens is 346 g/mol. The molecular formula is C14H18ClNO4S2. The van der Waals surface area contributed by atoms with Crippen LogP contribution in [-0.2, 0) is 19.6 Å². The van der Waals surface area contributed by atoms with Gasteiger partial charge in [-0.2, -0.15) is 4.31 Å². The molecule has 0 amide bonds. The van der Waals surface area contributed by atoms with Gasteiger partial charge in [-0.05, 0) is 49.7 Å². The summed E-state index contributed by atoms with van der Waals surface area (Å²) in [5.41, 5.74) is 0. The second-order valence-electron chi connectivity index (χ2n) is 6.02. The van der Waals surface area contributed by atoms with Gasteiger partial charge in [0.2, 0.25) is 0 Å². The van der Waals surface area contributed by atoms with Crippen molar-refractivity contribution in [2.45, 2.75) is 36.0 Å². The molecule has 0 spiro atoms. The van der Waals surface area contributed by atoms with E-state index in [1.165, 1.54) is 25.6 Å². The lowest BCUT2D eigenvalue weighted by molar-refractivity contribution is -0.151. The van der Waals surface area contributed by atoms with Gasteiger partial charge in [-0.25, -0.2) is 8.42 Å². The highest BCUT2D eigenvalue weighted by Crippen LogP contribution is 2.45. The number of sulfonamides is 1. The zero-order valence-electron chi connectivity index (χ0n) is 12.2. The number of rotatable bonds is 5. The van der Waals surface area contributed by atoms with Crippen molar-refractivity contribution in [3.63, 3.8) is 0 Å². The van der Waals surface area contributed by atoms with E-state index in [-0.39, 0.29) is 16.9 Å². The normalized spacial score (nSPS) is 27.5. The minimum atomic E-state index is -3.69. The van der Waals surface area contributed by atoms with Crippen molar-refractivity contribution in [1.82, 2.24) is 4.31 Å². The predicted octanol–water partition coefficient (Wildman–Crippen LogP) is 2.75. The lowest BCUT2D eigenvalue weighted by Gasteiger charge is -2.23. The number of esters is 1. The number of fused-ring (bicyclic) bond motifs is 2. The highest BCUT2D eigenvalue weighted by molar-refractivity contribution is 7.91. The summed E-state index contributed by atoms with van der Waals surface area (Å²) in [6.45, 7) is -0.272. The van der Waals surface area contributed by atoms with Crippen molar-refractivity contribution in [2.75, 3.05) is 13.6 Å². The number of halogens is 1. The molecule has 3 atom stereocenters. The van der Waals surface area contributed by atoms with Gasteiger partial charge in [-0.1, -0.05) is 11.6 Å². The van der Waals surface area contributed by atoms with Crippen LogP contribution in [0.15, 0.2) is 16.3 Å². The van der Waals surface area contributed by atoms with Crippen LogP contribution in [-0.4, -0.2) is 38.4 Å². The molecule has 8 heteroatoms. The molecule has 2 bridgehead atoms. The SMILES string of the molecule is CN(CC(=O)OC1CC2CCC1C2)S(=O)(=O)c1ccc(Cl)s1. The molecule has 5 nitrogen and oxygen atoms in total. The van der Waals surface area contributed by atoms with E-state index < -0.39 is 16.0 Å². The lowest BCUT2D eigenvalue weighted by atomic mass is 9.98. The smallest absolute Gasteiger partial charge is 0.321 e. The van der Waals surface area contributed by atoms with Crippen LogP contribution in [0.25, 0.3) is 0 Å². The fraction of sp³-hybridized carbons (Fsp3) is 0.643. The number of thiophene rings is 1. The fourth-order valence-corrected chi connectivity index (χ4v) is 6.20. The molecule has 1 heterocycles. The first-order valence-electron chi connectivity index (χ1n) is 7.27. The maximum absolute atomic E-state index is 12.3. The van der Waals surface area contributed by atoms with Crippen LogP contribution >= 0.6 is 22.9 Å². The van der Waals surface area contributed by atoms with Crippen molar-refractivity contribution in [2.24, 2.45) is 11.8 Å². The Labute approximate surface area is 139 Å². The Bertz CT molecular complexity index is 672. The van der Waals surface area contributed by atoms with Crippen LogP contribution in [0, 0.1) is 11.8 Å². The van der Waals surface area contributed by atoms with Gasteiger partial charge in [0.05, 0.1) is 4.34 Å². The first-order valence-corrected chi connectivity index (χ1v) is 9.91. The number of ether oxygens (including phenoxy) is 1. The highest BCUT2D eigenvalue weighted by atomic mass is 35.5. The molecule has 0 aliphatic heterocycles. The summed E-state index contributed by atoms with van der Waals surface area (Å²) in [6, 6.07) is 2.97. The van der Waals surface area contributed by atoms with Gasteiger partial charge in [0.25, 0.3) is 10.0 Å². The van der Waals surface area contributed by atoms with E-state index in [4.69, 9.17) is 16.3 Å². The van der Waals surface area contributed by atoms with Crippen molar-refractivity contribution < 1.29 is 17.9 Å². The van der Waals surface area contributed by atoms with Gasteiger partial charge in [0, 0.05) is 7.05 Å². The fourth-order valence-electron chi connectivity index (χ4n) is 3.39. The third-order valence-electron chi connectivity index (χ3n) is 4.52. The zero-order chi connectivity index (χ0) is 15.9. The first kappa shape index (κ1) is 16.2. The quantitative estimate of drug-likeness (QED) is 0.754. The second-order valence-corrected chi connectivity index (χ2v) is 10.0. The molecule has 1 aromatic heterocycles. The van der Waals surface area contributed by atoms with E-state index in [2.05, 4.69) is 0 Å². The summed E-state index contributed by atoms with van der Waals surface area (Å²) in [5, 5.41) is 0. The van der Waals surface area contributed by atoms with Crippen molar-refractivity contribution in [3.8, 4) is 0 Å². The molecule has 122 valence electrons. The molecule has 3 rings (SSSR count). The minimum absolute atomic E-state index is 0.0291. The standard InChI is InChI=1S/C14H18ClNO4S2/c1-16(22(18,19)14-5-4-12(15)21-14)8-13(17)20-11-7-9-2-3-10(11)6-9/h4-5,9-11H,2-3,6-8H2,1H3. The third-order valence-corrected chi connectivity index (χ3v) is 8.02. The predicted molar refractivity (Wildman–Crippen MR) is 84.5 cm³/mol. The summed E-state index contributed by atoms with van der Waals surface area (Å²) in [7, 11) is -2.31. The van der Waals surface area contributed by atoms with Crippen LogP contribution in [0.1, 0.15) is 25.7 Å². The topological polar surface area (TPSA) is 63.7 Å². The van der Waals surface area contributed by atoms with Gasteiger partial charge in [0.15, 0.2) is 0 Å². The van der Waals surface area contributed by atoms with Crippen molar-refractivity contribution in [1.29, 1.82) is 0 Å². The van der Waals surface area contributed by atoms with Gasteiger partial charge < -0.3 is 4.74 Å². The molecule has 0 N–H and O–H groups in total. The Morgan fingerprint density at radius 3 is 2.73 bits per heavy atom. The molecule has 1 aromatic rings. The minimum Gasteiger partial charge on any atom is -0.461 e. The molecule has 0 saturated heterocycles. The number of hydrogen-bond donors (Lipinski definition) is 0. The molecule has 3 unspecified atom stereocenters. The molecule has 0 radical (unpaired) electrons. The summed E-state index contributed by atoms with van der Waals surface area (Å²) >= 11 is 6.75.